The highest BCUT2D eigenvalue weighted by Crippen LogP contribution is 2.14. The van der Waals surface area contributed by atoms with Crippen molar-refractivity contribution in [2.24, 2.45) is 0 Å². The Hall–Kier alpha value is -2.89. The molecule has 154 valence electrons. The number of carbonyl (C=O) groups excluding carboxylic acids is 2. The van der Waals surface area contributed by atoms with E-state index in [-0.39, 0.29) is 17.6 Å². The third-order valence-electron chi connectivity index (χ3n) is 5.23. The normalized spacial score (nSPS) is 14.4. The summed E-state index contributed by atoms with van der Waals surface area (Å²) in [5, 5.41) is 0. The van der Waals surface area contributed by atoms with E-state index in [0.717, 1.165) is 23.3 Å². The molecular weight excluding hydrogens is 371 g/mol. The standard InChI is InChI=1S/C23H27FN2O3/c1-29-21-9-6-19(7-10-21)17-23(28)26-13-3-12-25(14-15-26)22(27)11-8-18-4-2-5-20(24)16-18/h2,4-7,9-10,16H,3,8,11-15,17H2,1H3. The molecule has 0 N–H and O–H groups in total. The van der Waals surface area contributed by atoms with E-state index in [2.05, 4.69) is 0 Å². The Morgan fingerprint density at radius 1 is 0.931 bits per heavy atom. The van der Waals surface area contributed by atoms with Crippen LogP contribution >= 0.6 is 0 Å². The maximum absolute atomic E-state index is 13.3. The molecule has 1 saturated heterocycles. The zero-order valence-corrected chi connectivity index (χ0v) is 16.8. The molecule has 0 unspecified atom stereocenters. The molecule has 2 aromatic carbocycles. The molecule has 2 aromatic rings. The number of hydrogen-bond donors (Lipinski definition) is 0. The molecule has 1 fully saturated rings. The number of hydrogen-bond acceptors (Lipinski definition) is 3. The minimum absolute atomic E-state index is 0.0544. The molecule has 0 saturated carbocycles. The summed E-state index contributed by atoms with van der Waals surface area (Å²) >= 11 is 0. The van der Waals surface area contributed by atoms with E-state index in [4.69, 9.17) is 4.74 Å². The largest absolute Gasteiger partial charge is 0.497 e. The number of amides is 2. The zero-order valence-electron chi connectivity index (χ0n) is 16.8. The van der Waals surface area contributed by atoms with Gasteiger partial charge in [-0.1, -0.05) is 24.3 Å². The predicted octanol–water partition coefficient (Wildman–Crippen LogP) is 3.07. The van der Waals surface area contributed by atoms with Gasteiger partial charge in [0, 0.05) is 32.6 Å². The van der Waals surface area contributed by atoms with Gasteiger partial charge in [0.15, 0.2) is 0 Å². The molecule has 29 heavy (non-hydrogen) atoms. The Balaban J connectivity index is 1.48. The van der Waals surface area contributed by atoms with Crippen LogP contribution in [0.3, 0.4) is 0 Å². The van der Waals surface area contributed by atoms with Crippen molar-refractivity contribution in [1.29, 1.82) is 0 Å². The summed E-state index contributed by atoms with van der Waals surface area (Å²) in [6.07, 6.45) is 1.98. The number of rotatable bonds is 6. The highest BCUT2D eigenvalue weighted by Gasteiger charge is 2.22. The topological polar surface area (TPSA) is 49.9 Å². The van der Waals surface area contributed by atoms with Gasteiger partial charge in [-0.15, -0.1) is 0 Å². The van der Waals surface area contributed by atoms with Gasteiger partial charge in [-0.2, -0.15) is 0 Å². The summed E-state index contributed by atoms with van der Waals surface area (Å²) in [5.74, 6) is 0.613. The third-order valence-corrected chi connectivity index (χ3v) is 5.23. The minimum Gasteiger partial charge on any atom is -0.497 e. The lowest BCUT2D eigenvalue weighted by atomic mass is 10.1. The summed E-state index contributed by atoms with van der Waals surface area (Å²) in [4.78, 5) is 28.9. The van der Waals surface area contributed by atoms with Crippen molar-refractivity contribution >= 4 is 11.8 Å². The van der Waals surface area contributed by atoms with E-state index >= 15 is 0 Å². The van der Waals surface area contributed by atoms with Crippen LogP contribution in [0.4, 0.5) is 4.39 Å². The number of halogens is 1. The van der Waals surface area contributed by atoms with Crippen molar-refractivity contribution in [2.45, 2.75) is 25.7 Å². The Morgan fingerprint density at radius 2 is 1.62 bits per heavy atom. The second kappa shape index (κ2) is 10.0. The van der Waals surface area contributed by atoms with Crippen LogP contribution in [0.2, 0.25) is 0 Å². The maximum Gasteiger partial charge on any atom is 0.227 e. The van der Waals surface area contributed by atoms with E-state index in [1.54, 1.807) is 13.2 Å². The monoisotopic (exact) mass is 398 g/mol. The van der Waals surface area contributed by atoms with Gasteiger partial charge >= 0.3 is 0 Å². The fraction of sp³-hybridized carbons (Fsp3) is 0.391. The van der Waals surface area contributed by atoms with Crippen LogP contribution in [0, 0.1) is 5.82 Å². The molecule has 1 heterocycles. The number of benzene rings is 2. The molecule has 2 amide bonds. The number of aryl methyl sites for hydroxylation is 1. The van der Waals surface area contributed by atoms with Crippen molar-refractivity contribution in [3.8, 4) is 5.75 Å². The Bertz CT molecular complexity index is 838. The quantitative estimate of drug-likeness (QED) is 0.752. The molecule has 3 rings (SSSR count). The van der Waals surface area contributed by atoms with Crippen LogP contribution in [0.15, 0.2) is 48.5 Å². The predicted molar refractivity (Wildman–Crippen MR) is 109 cm³/mol. The van der Waals surface area contributed by atoms with Crippen molar-refractivity contribution < 1.29 is 18.7 Å². The molecular formula is C23H27FN2O3. The van der Waals surface area contributed by atoms with Gasteiger partial charge in [-0.25, -0.2) is 4.39 Å². The number of nitrogens with zero attached hydrogens (tertiary/aromatic N) is 2. The van der Waals surface area contributed by atoms with Gasteiger partial charge < -0.3 is 14.5 Å². The molecule has 0 radical (unpaired) electrons. The van der Waals surface area contributed by atoms with Crippen LogP contribution < -0.4 is 4.74 Å². The van der Waals surface area contributed by atoms with Crippen molar-refractivity contribution in [3.05, 3.63) is 65.5 Å². The average molecular weight is 398 g/mol. The van der Waals surface area contributed by atoms with Gasteiger partial charge in [0.25, 0.3) is 0 Å². The Labute approximate surface area is 171 Å². The molecule has 6 heteroatoms. The Kier molecular flexibility index (Phi) is 7.22. The highest BCUT2D eigenvalue weighted by molar-refractivity contribution is 5.79. The van der Waals surface area contributed by atoms with E-state index in [1.165, 1.54) is 12.1 Å². The Morgan fingerprint density at radius 3 is 2.28 bits per heavy atom. The molecule has 1 aliphatic rings. The highest BCUT2D eigenvalue weighted by atomic mass is 19.1. The SMILES string of the molecule is COc1ccc(CC(=O)N2CCCN(C(=O)CCc3cccc(F)c3)CC2)cc1. The molecule has 5 nitrogen and oxygen atoms in total. The van der Waals surface area contributed by atoms with Crippen molar-refractivity contribution in [3.63, 3.8) is 0 Å². The zero-order chi connectivity index (χ0) is 20.6. The van der Waals surface area contributed by atoms with E-state index in [9.17, 15) is 14.0 Å². The average Bonchev–Trinajstić information content (AvgIpc) is 2.99. The maximum atomic E-state index is 13.3. The smallest absolute Gasteiger partial charge is 0.227 e. The van der Waals surface area contributed by atoms with Crippen LogP contribution in [0.25, 0.3) is 0 Å². The molecule has 0 aliphatic carbocycles. The first-order valence-corrected chi connectivity index (χ1v) is 9.98. The lowest BCUT2D eigenvalue weighted by Gasteiger charge is -2.22. The van der Waals surface area contributed by atoms with Gasteiger partial charge in [0.1, 0.15) is 11.6 Å². The van der Waals surface area contributed by atoms with Crippen molar-refractivity contribution in [2.75, 3.05) is 33.3 Å². The number of ether oxygens (including phenoxy) is 1. The first-order chi connectivity index (χ1) is 14.0. The van der Waals surface area contributed by atoms with Gasteiger partial charge in [-0.05, 0) is 48.2 Å². The summed E-state index contributed by atoms with van der Waals surface area (Å²) in [6, 6.07) is 13.9. The van der Waals surface area contributed by atoms with Crippen LogP contribution in [-0.4, -0.2) is 54.9 Å². The summed E-state index contributed by atoms with van der Waals surface area (Å²) in [6.45, 7) is 2.38. The van der Waals surface area contributed by atoms with E-state index in [1.807, 2.05) is 40.1 Å². The van der Waals surface area contributed by atoms with E-state index < -0.39 is 0 Å². The molecule has 0 aromatic heterocycles. The molecule has 0 atom stereocenters. The summed E-state index contributed by atoms with van der Waals surface area (Å²) in [7, 11) is 1.61. The second-order valence-electron chi connectivity index (χ2n) is 7.27. The summed E-state index contributed by atoms with van der Waals surface area (Å²) in [5.41, 5.74) is 1.77. The molecule has 0 bridgehead atoms. The lowest BCUT2D eigenvalue weighted by Crippen LogP contribution is -2.38. The van der Waals surface area contributed by atoms with Crippen LogP contribution in [0.5, 0.6) is 5.75 Å². The molecule has 1 aliphatic heterocycles. The number of methoxy groups -OCH3 is 1. The third kappa shape index (κ3) is 6.04. The van der Waals surface area contributed by atoms with Gasteiger partial charge in [-0.3, -0.25) is 9.59 Å². The minimum atomic E-state index is -0.282. The van der Waals surface area contributed by atoms with Gasteiger partial charge in [0.05, 0.1) is 13.5 Å². The first-order valence-electron chi connectivity index (χ1n) is 9.98. The van der Waals surface area contributed by atoms with E-state index in [0.29, 0.717) is 45.4 Å². The van der Waals surface area contributed by atoms with Crippen LogP contribution in [0.1, 0.15) is 24.0 Å². The van der Waals surface area contributed by atoms with Crippen LogP contribution in [-0.2, 0) is 22.4 Å². The fourth-order valence-corrected chi connectivity index (χ4v) is 3.55. The van der Waals surface area contributed by atoms with Crippen molar-refractivity contribution in [1.82, 2.24) is 9.80 Å². The second-order valence-corrected chi connectivity index (χ2v) is 7.27. The van der Waals surface area contributed by atoms with Gasteiger partial charge in [0.2, 0.25) is 11.8 Å². The lowest BCUT2D eigenvalue weighted by molar-refractivity contribution is -0.133. The summed E-state index contributed by atoms with van der Waals surface area (Å²) < 4.78 is 18.4. The first kappa shape index (κ1) is 20.8. The molecule has 0 spiro atoms. The number of carbonyl (C=O) groups is 2. The fourth-order valence-electron chi connectivity index (χ4n) is 3.55.